The Kier molecular flexibility index (Phi) is 5.01. The lowest BCUT2D eigenvalue weighted by atomic mass is 10.1. The van der Waals surface area contributed by atoms with Gasteiger partial charge in [0.15, 0.2) is 0 Å². The van der Waals surface area contributed by atoms with E-state index in [0.717, 1.165) is 5.56 Å². The highest BCUT2D eigenvalue weighted by atomic mass is 35.5. The highest BCUT2D eigenvalue weighted by Crippen LogP contribution is 2.25. The number of ether oxygens (including phenoxy) is 1. The zero-order valence-electron chi connectivity index (χ0n) is 10.8. The lowest BCUT2D eigenvalue weighted by Gasteiger charge is -2.07. The van der Waals surface area contributed by atoms with Gasteiger partial charge in [0.25, 0.3) is 5.91 Å². The molecule has 0 aromatic heterocycles. The van der Waals surface area contributed by atoms with Crippen molar-refractivity contribution in [3.63, 3.8) is 0 Å². The number of benzene rings is 2. The molecular formula is C15H13Cl2NO2. The smallest absolute Gasteiger partial charge is 0.255 e. The fourth-order valence-electron chi connectivity index (χ4n) is 1.75. The predicted octanol–water partition coefficient (Wildman–Crippen LogP) is 4.39. The van der Waals surface area contributed by atoms with E-state index in [1.165, 1.54) is 0 Å². The summed E-state index contributed by atoms with van der Waals surface area (Å²) >= 11 is 11.7. The summed E-state index contributed by atoms with van der Waals surface area (Å²) in [6.45, 7) is 0.466. The standard InChI is InChI=1S/C15H13Cl2NO2/c1-20-9-10-3-2-4-11(7-10)15(19)18-12-5-6-13(16)14(17)8-12/h2-8H,9H2,1H3,(H,18,19). The van der Waals surface area contributed by atoms with Crippen molar-refractivity contribution in [3.05, 3.63) is 63.6 Å². The normalized spacial score (nSPS) is 10.3. The van der Waals surface area contributed by atoms with Crippen LogP contribution in [0, 0.1) is 0 Å². The molecule has 0 aliphatic carbocycles. The van der Waals surface area contributed by atoms with Crippen LogP contribution in [0.5, 0.6) is 0 Å². The second kappa shape index (κ2) is 6.75. The summed E-state index contributed by atoms with van der Waals surface area (Å²) in [4.78, 5) is 12.1. The fraction of sp³-hybridized carbons (Fsp3) is 0.133. The summed E-state index contributed by atoms with van der Waals surface area (Å²) in [5.41, 5.74) is 2.10. The van der Waals surface area contributed by atoms with Gasteiger partial charge in [-0.25, -0.2) is 0 Å². The summed E-state index contributed by atoms with van der Waals surface area (Å²) in [6.07, 6.45) is 0. The minimum atomic E-state index is -0.207. The Hall–Kier alpha value is -1.55. The third-order valence-electron chi connectivity index (χ3n) is 2.68. The van der Waals surface area contributed by atoms with Crippen LogP contribution in [-0.2, 0) is 11.3 Å². The Labute approximate surface area is 127 Å². The van der Waals surface area contributed by atoms with Gasteiger partial charge in [-0.1, -0.05) is 35.3 Å². The van der Waals surface area contributed by atoms with Gasteiger partial charge in [0, 0.05) is 18.4 Å². The van der Waals surface area contributed by atoms with Crippen LogP contribution >= 0.6 is 23.2 Å². The maximum atomic E-state index is 12.1. The minimum absolute atomic E-state index is 0.207. The van der Waals surface area contributed by atoms with E-state index in [0.29, 0.717) is 27.9 Å². The summed E-state index contributed by atoms with van der Waals surface area (Å²) in [5.74, 6) is -0.207. The second-order valence-electron chi connectivity index (χ2n) is 4.22. The number of amides is 1. The van der Waals surface area contributed by atoms with Gasteiger partial charge in [-0.05, 0) is 35.9 Å². The molecule has 0 unspecified atom stereocenters. The molecule has 0 heterocycles. The van der Waals surface area contributed by atoms with Crippen LogP contribution < -0.4 is 5.32 Å². The van der Waals surface area contributed by atoms with Gasteiger partial charge in [0.1, 0.15) is 0 Å². The Bertz CT molecular complexity index is 629. The van der Waals surface area contributed by atoms with E-state index in [-0.39, 0.29) is 5.91 Å². The van der Waals surface area contributed by atoms with E-state index in [2.05, 4.69) is 5.32 Å². The summed E-state index contributed by atoms with van der Waals surface area (Å²) in [6, 6.07) is 12.2. The molecule has 2 rings (SSSR count). The van der Waals surface area contributed by atoms with E-state index in [1.54, 1.807) is 37.4 Å². The van der Waals surface area contributed by atoms with Crippen molar-refractivity contribution in [3.8, 4) is 0 Å². The summed E-state index contributed by atoms with van der Waals surface area (Å²) < 4.78 is 5.05. The van der Waals surface area contributed by atoms with Crippen molar-refractivity contribution in [2.24, 2.45) is 0 Å². The SMILES string of the molecule is COCc1cccc(C(=O)Nc2ccc(Cl)c(Cl)c2)c1. The number of carbonyl (C=O) groups is 1. The molecule has 0 radical (unpaired) electrons. The number of halogens is 2. The molecule has 0 saturated carbocycles. The van der Waals surface area contributed by atoms with Gasteiger partial charge in [-0.3, -0.25) is 4.79 Å². The molecule has 20 heavy (non-hydrogen) atoms. The Morgan fingerprint density at radius 2 is 1.95 bits per heavy atom. The Morgan fingerprint density at radius 3 is 2.65 bits per heavy atom. The molecular weight excluding hydrogens is 297 g/mol. The second-order valence-corrected chi connectivity index (χ2v) is 5.03. The number of anilines is 1. The van der Waals surface area contributed by atoms with Gasteiger partial charge >= 0.3 is 0 Å². The van der Waals surface area contributed by atoms with Gasteiger partial charge in [-0.15, -0.1) is 0 Å². The van der Waals surface area contributed by atoms with E-state index in [1.807, 2.05) is 12.1 Å². The molecule has 0 atom stereocenters. The van der Waals surface area contributed by atoms with Crippen LogP contribution in [0.15, 0.2) is 42.5 Å². The van der Waals surface area contributed by atoms with Crippen molar-refractivity contribution in [2.75, 3.05) is 12.4 Å². The first-order chi connectivity index (χ1) is 9.60. The minimum Gasteiger partial charge on any atom is -0.380 e. The molecule has 3 nitrogen and oxygen atoms in total. The molecule has 2 aromatic carbocycles. The largest absolute Gasteiger partial charge is 0.380 e. The molecule has 2 aromatic rings. The number of nitrogens with one attached hydrogen (secondary N) is 1. The van der Waals surface area contributed by atoms with Gasteiger partial charge in [0.05, 0.1) is 16.7 Å². The molecule has 0 saturated heterocycles. The monoisotopic (exact) mass is 309 g/mol. The number of hydrogen-bond acceptors (Lipinski definition) is 2. The van der Waals surface area contributed by atoms with Gasteiger partial charge in [-0.2, -0.15) is 0 Å². The van der Waals surface area contributed by atoms with Crippen molar-refractivity contribution in [1.29, 1.82) is 0 Å². The molecule has 0 aliphatic heterocycles. The fourth-order valence-corrected chi connectivity index (χ4v) is 2.04. The van der Waals surface area contributed by atoms with Crippen molar-refractivity contribution in [2.45, 2.75) is 6.61 Å². The van der Waals surface area contributed by atoms with E-state index in [4.69, 9.17) is 27.9 Å². The van der Waals surface area contributed by atoms with Crippen LogP contribution in [0.4, 0.5) is 5.69 Å². The van der Waals surface area contributed by atoms with Crippen LogP contribution in [0.1, 0.15) is 15.9 Å². The topological polar surface area (TPSA) is 38.3 Å². The van der Waals surface area contributed by atoms with Crippen molar-refractivity contribution >= 4 is 34.8 Å². The van der Waals surface area contributed by atoms with Crippen LogP contribution in [0.3, 0.4) is 0 Å². The molecule has 0 bridgehead atoms. The maximum absolute atomic E-state index is 12.1. The number of rotatable bonds is 4. The molecule has 0 spiro atoms. The molecule has 0 aliphatic rings. The molecule has 1 N–H and O–H groups in total. The molecule has 1 amide bonds. The highest BCUT2D eigenvalue weighted by molar-refractivity contribution is 6.42. The Morgan fingerprint density at radius 1 is 1.15 bits per heavy atom. The molecule has 5 heteroatoms. The average molecular weight is 310 g/mol. The van der Waals surface area contributed by atoms with E-state index >= 15 is 0 Å². The van der Waals surface area contributed by atoms with E-state index < -0.39 is 0 Å². The maximum Gasteiger partial charge on any atom is 0.255 e. The predicted molar refractivity (Wildman–Crippen MR) is 81.6 cm³/mol. The van der Waals surface area contributed by atoms with Crippen molar-refractivity contribution in [1.82, 2.24) is 0 Å². The average Bonchev–Trinajstić information content (AvgIpc) is 2.43. The molecule has 0 fully saturated rings. The van der Waals surface area contributed by atoms with E-state index in [9.17, 15) is 4.79 Å². The van der Waals surface area contributed by atoms with Crippen LogP contribution in [0.25, 0.3) is 0 Å². The third-order valence-corrected chi connectivity index (χ3v) is 3.42. The quantitative estimate of drug-likeness (QED) is 0.909. The summed E-state index contributed by atoms with van der Waals surface area (Å²) in [5, 5.41) is 3.62. The third kappa shape index (κ3) is 3.73. The first-order valence-electron chi connectivity index (χ1n) is 5.94. The van der Waals surface area contributed by atoms with Gasteiger partial charge in [0.2, 0.25) is 0 Å². The van der Waals surface area contributed by atoms with Crippen LogP contribution in [-0.4, -0.2) is 13.0 Å². The van der Waals surface area contributed by atoms with Crippen molar-refractivity contribution < 1.29 is 9.53 Å². The lowest BCUT2D eigenvalue weighted by molar-refractivity contribution is 0.102. The van der Waals surface area contributed by atoms with Gasteiger partial charge < -0.3 is 10.1 Å². The molecule has 104 valence electrons. The zero-order valence-corrected chi connectivity index (χ0v) is 12.3. The Balaban J connectivity index is 2.15. The summed E-state index contributed by atoms with van der Waals surface area (Å²) in [7, 11) is 1.61. The number of hydrogen-bond donors (Lipinski definition) is 1. The zero-order chi connectivity index (χ0) is 14.5. The number of carbonyl (C=O) groups excluding carboxylic acids is 1. The highest BCUT2D eigenvalue weighted by Gasteiger charge is 2.08. The first-order valence-corrected chi connectivity index (χ1v) is 6.70. The number of methoxy groups -OCH3 is 1. The lowest BCUT2D eigenvalue weighted by Crippen LogP contribution is -2.12. The van der Waals surface area contributed by atoms with Crippen LogP contribution in [0.2, 0.25) is 10.0 Å². The first kappa shape index (κ1) is 14.9.